The third-order valence-electron chi connectivity index (χ3n) is 2.76. The lowest BCUT2D eigenvalue weighted by Gasteiger charge is -2.20. The minimum absolute atomic E-state index is 0.613. The fourth-order valence-corrected chi connectivity index (χ4v) is 1.97. The molecule has 1 aliphatic rings. The summed E-state index contributed by atoms with van der Waals surface area (Å²) in [5.41, 5.74) is 1.41. The standard InChI is InChI=1S/C12H20N2/c1-4-11(7-5-9-13-2)12-8-6-10-14(12)3/h4-5,7,9,12H,6,8,10H2,1-3H3/b7-5-,11-4+,13-9+/t12-/m0/s1. The predicted octanol–water partition coefficient (Wildman–Crippen LogP) is 2.28. The number of hydrogen-bond donors (Lipinski definition) is 0. The van der Waals surface area contributed by atoms with Gasteiger partial charge in [0.15, 0.2) is 0 Å². The second kappa shape index (κ2) is 5.76. The molecule has 1 fully saturated rings. The normalized spacial score (nSPS) is 25.6. The van der Waals surface area contributed by atoms with E-state index >= 15 is 0 Å². The van der Waals surface area contributed by atoms with Gasteiger partial charge in [0, 0.05) is 19.3 Å². The van der Waals surface area contributed by atoms with E-state index in [1.54, 1.807) is 7.05 Å². The Morgan fingerprint density at radius 3 is 2.79 bits per heavy atom. The number of likely N-dealkylation sites (N-methyl/N-ethyl adjacent to an activating group) is 1. The van der Waals surface area contributed by atoms with Gasteiger partial charge in [-0.25, -0.2) is 0 Å². The van der Waals surface area contributed by atoms with E-state index in [1.807, 2.05) is 12.3 Å². The second-order valence-electron chi connectivity index (χ2n) is 3.69. The SMILES string of the molecule is C\C=C(/C=C\C=N\C)[C@@H]1CCCN1C. The van der Waals surface area contributed by atoms with Gasteiger partial charge in [-0.15, -0.1) is 0 Å². The van der Waals surface area contributed by atoms with Crippen molar-refractivity contribution in [2.75, 3.05) is 20.6 Å². The van der Waals surface area contributed by atoms with Crippen LogP contribution in [0, 0.1) is 0 Å². The summed E-state index contributed by atoms with van der Waals surface area (Å²) in [6.45, 7) is 3.33. The average Bonchev–Trinajstić information content (AvgIpc) is 2.60. The highest BCUT2D eigenvalue weighted by molar-refractivity contribution is 5.71. The van der Waals surface area contributed by atoms with Crippen molar-refractivity contribution in [3.8, 4) is 0 Å². The van der Waals surface area contributed by atoms with Crippen molar-refractivity contribution in [3.05, 3.63) is 23.8 Å². The van der Waals surface area contributed by atoms with E-state index in [-0.39, 0.29) is 0 Å². The number of aliphatic imine (C=N–C) groups is 1. The molecule has 0 aromatic rings. The highest BCUT2D eigenvalue weighted by atomic mass is 15.1. The first-order valence-corrected chi connectivity index (χ1v) is 5.25. The van der Waals surface area contributed by atoms with Crippen molar-refractivity contribution in [1.29, 1.82) is 0 Å². The molecule has 1 heterocycles. The molecule has 0 radical (unpaired) electrons. The van der Waals surface area contributed by atoms with Gasteiger partial charge in [0.05, 0.1) is 0 Å². The highest BCUT2D eigenvalue weighted by Crippen LogP contribution is 2.22. The van der Waals surface area contributed by atoms with Crippen molar-refractivity contribution in [2.24, 2.45) is 4.99 Å². The molecule has 0 aromatic heterocycles. The molecule has 1 aliphatic heterocycles. The van der Waals surface area contributed by atoms with Gasteiger partial charge in [-0.2, -0.15) is 0 Å². The summed E-state index contributed by atoms with van der Waals surface area (Å²) in [6.07, 6.45) is 10.8. The highest BCUT2D eigenvalue weighted by Gasteiger charge is 2.22. The van der Waals surface area contributed by atoms with Gasteiger partial charge in [-0.1, -0.05) is 12.2 Å². The number of likely N-dealkylation sites (tertiary alicyclic amines) is 1. The maximum atomic E-state index is 3.93. The maximum Gasteiger partial charge on any atom is 0.0342 e. The fourth-order valence-electron chi connectivity index (χ4n) is 1.97. The smallest absolute Gasteiger partial charge is 0.0342 e. The van der Waals surface area contributed by atoms with Crippen LogP contribution in [0.25, 0.3) is 0 Å². The Balaban J connectivity index is 2.62. The number of nitrogens with zero attached hydrogens (tertiary/aromatic N) is 2. The lowest BCUT2D eigenvalue weighted by Crippen LogP contribution is -2.26. The molecule has 2 heteroatoms. The van der Waals surface area contributed by atoms with E-state index in [9.17, 15) is 0 Å². The fraction of sp³-hybridized carbons (Fsp3) is 0.583. The summed E-state index contributed by atoms with van der Waals surface area (Å²) in [5, 5.41) is 0. The zero-order chi connectivity index (χ0) is 10.4. The van der Waals surface area contributed by atoms with Crippen LogP contribution in [0.3, 0.4) is 0 Å². The van der Waals surface area contributed by atoms with E-state index < -0.39 is 0 Å². The summed E-state index contributed by atoms with van der Waals surface area (Å²) in [5.74, 6) is 0. The van der Waals surface area contributed by atoms with Crippen molar-refractivity contribution < 1.29 is 0 Å². The lowest BCUT2D eigenvalue weighted by atomic mass is 10.0. The lowest BCUT2D eigenvalue weighted by molar-refractivity contribution is 0.348. The molecule has 1 saturated heterocycles. The van der Waals surface area contributed by atoms with Gasteiger partial charge in [0.1, 0.15) is 0 Å². The van der Waals surface area contributed by atoms with Gasteiger partial charge in [-0.3, -0.25) is 9.89 Å². The Morgan fingerprint density at radius 2 is 2.29 bits per heavy atom. The summed E-state index contributed by atoms with van der Waals surface area (Å²) < 4.78 is 0. The Morgan fingerprint density at radius 1 is 1.50 bits per heavy atom. The zero-order valence-electron chi connectivity index (χ0n) is 9.40. The molecule has 0 N–H and O–H groups in total. The molecular formula is C12H20N2. The van der Waals surface area contributed by atoms with E-state index in [2.05, 4.69) is 36.0 Å². The van der Waals surface area contributed by atoms with Gasteiger partial charge in [0.2, 0.25) is 0 Å². The summed E-state index contributed by atoms with van der Waals surface area (Å²) in [6, 6.07) is 0.613. The van der Waals surface area contributed by atoms with Crippen LogP contribution in [0.15, 0.2) is 28.8 Å². The third-order valence-corrected chi connectivity index (χ3v) is 2.76. The molecule has 0 unspecified atom stereocenters. The first-order valence-electron chi connectivity index (χ1n) is 5.25. The maximum absolute atomic E-state index is 3.93. The Labute approximate surface area is 87.0 Å². The van der Waals surface area contributed by atoms with Crippen LogP contribution < -0.4 is 0 Å². The predicted molar refractivity (Wildman–Crippen MR) is 63.0 cm³/mol. The largest absolute Gasteiger partial charge is 0.299 e. The minimum atomic E-state index is 0.613. The molecule has 1 atom stereocenters. The molecule has 14 heavy (non-hydrogen) atoms. The van der Waals surface area contributed by atoms with Crippen molar-refractivity contribution in [1.82, 2.24) is 4.90 Å². The molecule has 0 amide bonds. The quantitative estimate of drug-likeness (QED) is 0.495. The van der Waals surface area contributed by atoms with Crippen molar-refractivity contribution >= 4 is 6.21 Å². The van der Waals surface area contributed by atoms with Crippen LogP contribution in [0.5, 0.6) is 0 Å². The monoisotopic (exact) mass is 192 g/mol. The van der Waals surface area contributed by atoms with Gasteiger partial charge in [0.25, 0.3) is 0 Å². The Kier molecular flexibility index (Phi) is 4.60. The second-order valence-corrected chi connectivity index (χ2v) is 3.69. The Bertz CT molecular complexity index is 251. The van der Waals surface area contributed by atoms with E-state index in [0.717, 1.165) is 0 Å². The molecule has 0 aliphatic carbocycles. The zero-order valence-corrected chi connectivity index (χ0v) is 9.40. The van der Waals surface area contributed by atoms with Gasteiger partial charge < -0.3 is 0 Å². The van der Waals surface area contributed by atoms with Crippen LogP contribution >= 0.6 is 0 Å². The molecule has 0 saturated carbocycles. The average molecular weight is 192 g/mol. The molecule has 1 rings (SSSR count). The minimum Gasteiger partial charge on any atom is -0.299 e. The van der Waals surface area contributed by atoms with Crippen LogP contribution in [0.1, 0.15) is 19.8 Å². The molecule has 0 aromatic carbocycles. The molecule has 78 valence electrons. The van der Waals surface area contributed by atoms with Crippen LogP contribution in [0.2, 0.25) is 0 Å². The molecule has 0 bridgehead atoms. The van der Waals surface area contributed by atoms with E-state index in [4.69, 9.17) is 0 Å². The summed E-state index contributed by atoms with van der Waals surface area (Å²) >= 11 is 0. The number of allylic oxidation sites excluding steroid dienone is 2. The number of rotatable bonds is 3. The van der Waals surface area contributed by atoms with E-state index in [0.29, 0.717) is 6.04 Å². The summed E-state index contributed by atoms with van der Waals surface area (Å²) in [4.78, 5) is 6.35. The molecule has 2 nitrogen and oxygen atoms in total. The van der Waals surface area contributed by atoms with Gasteiger partial charge >= 0.3 is 0 Å². The summed E-state index contributed by atoms with van der Waals surface area (Å²) in [7, 11) is 3.99. The van der Waals surface area contributed by atoms with Crippen LogP contribution in [0.4, 0.5) is 0 Å². The van der Waals surface area contributed by atoms with Crippen molar-refractivity contribution in [2.45, 2.75) is 25.8 Å². The van der Waals surface area contributed by atoms with E-state index in [1.165, 1.54) is 25.0 Å². The topological polar surface area (TPSA) is 15.6 Å². The molecule has 0 spiro atoms. The van der Waals surface area contributed by atoms with Crippen LogP contribution in [-0.2, 0) is 0 Å². The van der Waals surface area contributed by atoms with Gasteiger partial charge in [-0.05, 0) is 45.0 Å². The van der Waals surface area contributed by atoms with Crippen molar-refractivity contribution in [3.63, 3.8) is 0 Å². The molecular weight excluding hydrogens is 172 g/mol. The first-order chi connectivity index (χ1) is 6.79. The van der Waals surface area contributed by atoms with Crippen LogP contribution in [-0.4, -0.2) is 37.8 Å². The first kappa shape index (κ1) is 11.2. The Hall–Kier alpha value is -0.890. The third kappa shape index (κ3) is 2.81. The number of hydrogen-bond acceptors (Lipinski definition) is 2.